The zero-order valence-corrected chi connectivity index (χ0v) is 7.65. The zero-order chi connectivity index (χ0) is 8.69. The summed E-state index contributed by atoms with van der Waals surface area (Å²) in [5, 5.41) is 0. The van der Waals surface area contributed by atoms with E-state index < -0.39 is 0 Å². The number of carbonyl (C=O) groups excluding carboxylic acids is 1. The molecule has 0 fully saturated rings. The van der Waals surface area contributed by atoms with Gasteiger partial charge in [0.25, 0.3) is 0 Å². The molecule has 0 N–H and O–H groups in total. The van der Waals surface area contributed by atoms with Gasteiger partial charge in [-0.25, -0.2) is 4.79 Å². The van der Waals surface area contributed by atoms with Crippen LogP contribution in [0.1, 0.15) is 20.3 Å². The molecule has 0 aliphatic rings. The average molecular weight is 177 g/mol. The van der Waals surface area contributed by atoms with Crippen LogP contribution in [0.25, 0.3) is 0 Å². The van der Waals surface area contributed by atoms with Crippen molar-refractivity contribution in [2.24, 2.45) is 0 Å². The van der Waals surface area contributed by atoms with Crippen molar-refractivity contribution in [3.8, 4) is 0 Å². The van der Waals surface area contributed by atoms with Gasteiger partial charge in [0.15, 0.2) is 0 Å². The van der Waals surface area contributed by atoms with Crippen LogP contribution in [0.4, 0.5) is 0 Å². The minimum atomic E-state index is -0.302. The van der Waals surface area contributed by atoms with Gasteiger partial charge in [-0.05, 0) is 13.3 Å². The van der Waals surface area contributed by atoms with Gasteiger partial charge < -0.3 is 4.74 Å². The third-order valence-electron chi connectivity index (χ3n) is 1.13. The standard InChI is InChI=1S/C8H13ClO2/c1-3-5-7(6-9)8(10)11-4-2/h5H,3-4,6H2,1-2H3. The lowest BCUT2D eigenvalue weighted by Crippen LogP contribution is -2.08. The third-order valence-corrected chi connectivity index (χ3v) is 1.42. The molecule has 0 bridgehead atoms. The Kier molecular flexibility index (Phi) is 5.94. The molecule has 0 aromatic heterocycles. The minimum absolute atomic E-state index is 0.229. The number of alkyl halides is 1. The maximum atomic E-state index is 11.0. The Hall–Kier alpha value is -0.500. The zero-order valence-electron chi connectivity index (χ0n) is 6.89. The summed E-state index contributed by atoms with van der Waals surface area (Å²) in [6.45, 7) is 4.12. The SMILES string of the molecule is CCC=C(CCl)C(=O)OCC. The lowest BCUT2D eigenvalue weighted by atomic mass is 10.2. The summed E-state index contributed by atoms with van der Waals surface area (Å²) in [5.41, 5.74) is 0.552. The van der Waals surface area contributed by atoms with Gasteiger partial charge in [0.1, 0.15) is 0 Å². The predicted octanol–water partition coefficient (Wildman–Crippen LogP) is 2.12. The Morgan fingerprint density at radius 1 is 1.55 bits per heavy atom. The van der Waals surface area contributed by atoms with E-state index in [2.05, 4.69) is 0 Å². The maximum Gasteiger partial charge on any atom is 0.334 e. The highest BCUT2D eigenvalue weighted by atomic mass is 35.5. The molecule has 0 saturated heterocycles. The summed E-state index contributed by atoms with van der Waals surface area (Å²) in [7, 11) is 0. The van der Waals surface area contributed by atoms with Gasteiger partial charge in [-0.1, -0.05) is 13.0 Å². The molecule has 0 rings (SSSR count). The summed E-state index contributed by atoms with van der Waals surface area (Å²) in [6, 6.07) is 0. The molecule has 0 radical (unpaired) electrons. The van der Waals surface area contributed by atoms with Crippen molar-refractivity contribution in [2.45, 2.75) is 20.3 Å². The van der Waals surface area contributed by atoms with Crippen LogP contribution in [-0.2, 0) is 9.53 Å². The van der Waals surface area contributed by atoms with Crippen molar-refractivity contribution in [1.29, 1.82) is 0 Å². The molecular formula is C8H13ClO2. The van der Waals surface area contributed by atoms with Crippen molar-refractivity contribution in [1.82, 2.24) is 0 Å². The first-order valence-corrected chi connectivity index (χ1v) is 4.21. The highest BCUT2D eigenvalue weighted by Gasteiger charge is 2.06. The van der Waals surface area contributed by atoms with E-state index in [9.17, 15) is 4.79 Å². The number of halogens is 1. The van der Waals surface area contributed by atoms with Gasteiger partial charge in [0, 0.05) is 5.57 Å². The molecule has 0 amide bonds. The molecule has 3 heteroatoms. The fourth-order valence-corrected chi connectivity index (χ4v) is 0.881. The molecule has 64 valence electrons. The highest BCUT2D eigenvalue weighted by molar-refractivity contribution is 6.22. The minimum Gasteiger partial charge on any atom is -0.463 e. The van der Waals surface area contributed by atoms with E-state index in [0.29, 0.717) is 12.2 Å². The van der Waals surface area contributed by atoms with Crippen molar-refractivity contribution in [3.63, 3.8) is 0 Å². The highest BCUT2D eigenvalue weighted by Crippen LogP contribution is 2.02. The predicted molar refractivity (Wildman–Crippen MR) is 45.7 cm³/mol. The third kappa shape index (κ3) is 4.04. The second-order valence-corrected chi connectivity index (χ2v) is 2.26. The topological polar surface area (TPSA) is 26.3 Å². The van der Waals surface area contributed by atoms with Gasteiger partial charge in [-0.3, -0.25) is 0 Å². The first-order valence-electron chi connectivity index (χ1n) is 3.68. The Morgan fingerprint density at radius 2 is 2.18 bits per heavy atom. The summed E-state index contributed by atoms with van der Waals surface area (Å²) in [4.78, 5) is 11.0. The van der Waals surface area contributed by atoms with Gasteiger partial charge in [-0.2, -0.15) is 0 Å². The van der Waals surface area contributed by atoms with Crippen LogP contribution < -0.4 is 0 Å². The monoisotopic (exact) mass is 176 g/mol. The Labute approximate surface area is 72.2 Å². The van der Waals surface area contributed by atoms with Gasteiger partial charge in [0.05, 0.1) is 12.5 Å². The Bertz CT molecular complexity index is 152. The first-order chi connectivity index (χ1) is 5.26. The van der Waals surface area contributed by atoms with E-state index in [1.54, 1.807) is 13.0 Å². The number of hydrogen-bond acceptors (Lipinski definition) is 2. The number of esters is 1. The fraction of sp³-hybridized carbons (Fsp3) is 0.625. The lowest BCUT2D eigenvalue weighted by molar-refractivity contribution is -0.138. The molecule has 0 heterocycles. The van der Waals surface area contributed by atoms with Crippen LogP contribution in [0.5, 0.6) is 0 Å². The molecule has 0 aliphatic carbocycles. The van der Waals surface area contributed by atoms with Gasteiger partial charge in [0.2, 0.25) is 0 Å². The van der Waals surface area contributed by atoms with E-state index in [-0.39, 0.29) is 11.8 Å². The summed E-state index contributed by atoms with van der Waals surface area (Å²) in [6.07, 6.45) is 2.59. The fourth-order valence-electron chi connectivity index (χ4n) is 0.663. The number of ether oxygens (including phenoxy) is 1. The van der Waals surface area contributed by atoms with Crippen LogP contribution >= 0.6 is 11.6 Å². The van der Waals surface area contributed by atoms with Crippen LogP contribution in [0.2, 0.25) is 0 Å². The van der Waals surface area contributed by atoms with Crippen molar-refractivity contribution >= 4 is 17.6 Å². The lowest BCUT2D eigenvalue weighted by Gasteiger charge is -2.01. The molecule has 0 aromatic carbocycles. The second-order valence-electron chi connectivity index (χ2n) is 1.99. The first kappa shape index (κ1) is 10.5. The molecule has 0 aromatic rings. The van der Waals surface area contributed by atoms with Crippen molar-refractivity contribution in [2.75, 3.05) is 12.5 Å². The van der Waals surface area contributed by atoms with Crippen molar-refractivity contribution < 1.29 is 9.53 Å². The van der Waals surface area contributed by atoms with E-state index >= 15 is 0 Å². The molecule has 11 heavy (non-hydrogen) atoms. The van der Waals surface area contributed by atoms with E-state index in [1.807, 2.05) is 6.92 Å². The van der Waals surface area contributed by atoms with Crippen molar-refractivity contribution in [3.05, 3.63) is 11.6 Å². The van der Waals surface area contributed by atoms with Crippen LogP contribution in [0.3, 0.4) is 0 Å². The summed E-state index contributed by atoms with van der Waals surface area (Å²) >= 11 is 5.51. The van der Waals surface area contributed by atoms with Crippen LogP contribution in [0, 0.1) is 0 Å². The quantitative estimate of drug-likeness (QED) is 0.373. The number of hydrogen-bond donors (Lipinski definition) is 0. The van der Waals surface area contributed by atoms with Crippen LogP contribution in [0.15, 0.2) is 11.6 Å². The average Bonchev–Trinajstić information content (AvgIpc) is 2.00. The second kappa shape index (κ2) is 6.23. The maximum absolute atomic E-state index is 11.0. The Morgan fingerprint density at radius 3 is 2.55 bits per heavy atom. The smallest absolute Gasteiger partial charge is 0.334 e. The number of rotatable bonds is 4. The number of allylic oxidation sites excluding steroid dienone is 1. The van der Waals surface area contributed by atoms with Crippen LogP contribution in [-0.4, -0.2) is 18.5 Å². The van der Waals surface area contributed by atoms with Gasteiger partial charge in [-0.15, -0.1) is 11.6 Å². The molecule has 0 unspecified atom stereocenters. The molecule has 0 saturated carbocycles. The normalized spacial score (nSPS) is 11.4. The molecule has 0 spiro atoms. The van der Waals surface area contributed by atoms with E-state index in [0.717, 1.165) is 6.42 Å². The van der Waals surface area contributed by atoms with E-state index in [4.69, 9.17) is 16.3 Å². The molecule has 0 aliphatic heterocycles. The molecule has 0 atom stereocenters. The molecular weight excluding hydrogens is 164 g/mol. The largest absolute Gasteiger partial charge is 0.463 e. The van der Waals surface area contributed by atoms with E-state index in [1.165, 1.54) is 0 Å². The number of carbonyl (C=O) groups is 1. The summed E-state index contributed by atoms with van der Waals surface area (Å²) < 4.78 is 4.76. The molecule has 2 nitrogen and oxygen atoms in total. The van der Waals surface area contributed by atoms with Gasteiger partial charge >= 0.3 is 5.97 Å². The summed E-state index contributed by atoms with van der Waals surface area (Å²) in [5.74, 6) is -0.0727. The Balaban J connectivity index is 4.03.